The number of ether oxygens (including phenoxy) is 1. The lowest BCUT2D eigenvalue weighted by atomic mass is 9.91. The maximum atomic E-state index is 12.6. The zero-order valence-electron chi connectivity index (χ0n) is 13.5. The van der Waals surface area contributed by atoms with E-state index in [1.54, 1.807) is 12.1 Å². The Kier molecular flexibility index (Phi) is 4.97. The van der Waals surface area contributed by atoms with Gasteiger partial charge in [-0.15, -0.1) is 0 Å². The van der Waals surface area contributed by atoms with E-state index in [4.69, 9.17) is 22.1 Å². The van der Waals surface area contributed by atoms with Crippen molar-refractivity contribution in [2.45, 2.75) is 44.2 Å². The molecule has 0 radical (unpaired) electrons. The van der Waals surface area contributed by atoms with Crippen LogP contribution in [0, 0.1) is 0 Å². The third-order valence-corrected chi connectivity index (χ3v) is 5.28. The van der Waals surface area contributed by atoms with Crippen LogP contribution in [0.4, 0.5) is 5.69 Å². The first-order valence-electron chi connectivity index (χ1n) is 8.26. The number of rotatable bonds is 3. The molecule has 6 heteroatoms. The molecule has 23 heavy (non-hydrogen) atoms. The van der Waals surface area contributed by atoms with E-state index in [1.165, 1.54) is 26.4 Å². The van der Waals surface area contributed by atoms with Gasteiger partial charge in [-0.2, -0.15) is 0 Å². The number of piperidine rings is 2. The zero-order chi connectivity index (χ0) is 16.4. The average Bonchev–Trinajstić information content (AvgIpc) is 2.56. The van der Waals surface area contributed by atoms with Crippen LogP contribution in [0.2, 0.25) is 5.02 Å². The van der Waals surface area contributed by atoms with Crippen molar-refractivity contribution in [3.8, 4) is 5.75 Å². The second-order valence-corrected chi connectivity index (χ2v) is 6.87. The first-order chi connectivity index (χ1) is 11.1. The van der Waals surface area contributed by atoms with E-state index in [-0.39, 0.29) is 11.9 Å². The predicted octanol–water partition coefficient (Wildman–Crippen LogP) is 2.68. The monoisotopic (exact) mass is 337 g/mol. The zero-order valence-corrected chi connectivity index (χ0v) is 14.2. The summed E-state index contributed by atoms with van der Waals surface area (Å²) < 4.78 is 5.27. The van der Waals surface area contributed by atoms with Gasteiger partial charge in [0.1, 0.15) is 5.75 Å². The quantitative estimate of drug-likeness (QED) is 0.832. The summed E-state index contributed by atoms with van der Waals surface area (Å²) in [5, 5.41) is 3.50. The van der Waals surface area contributed by atoms with Gasteiger partial charge in [0, 0.05) is 24.7 Å². The van der Waals surface area contributed by atoms with Crippen molar-refractivity contribution in [1.82, 2.24) is 10.2 Å². The van der Waals surface area contributed by atoms with Crippen LogP contribution in [0.1, 0.15) is 42.5 Å². The maximum absolute atomic E-state index is 12.6. The van der Waals surface area contributed by atoms with Gasteiger partial charge in [0.2, 0.25) is 0 Å². The molecule has 2 aliphatic heterocycles. The molecule has 1 aromatic rings. The molecule has 2 unspecified atom stereocenters. The van der Waals surface area contributed by atoms with E-state index in [2.05, 4.69) is 10.2 Å². The van der Waals surface area contributed by atoms with E-state index < -0.39 is 0 Å². The smallest absolute Gasteiger partial charge is 0.255 e. The highest BCUT2D eigenvalue weighted by molar-refractivity contribution is 6.33. The van der Waals surface area contributed by atoms with Gasteiger partial charge in [-0.1, -0.05) is 18.0 Å². The van der Waals surface area contributed by atoms with E-state index >= 15 is 0 Å². The number of carbonyl (C=O) groups is 1. The highest BCUT2D eigenvalue weighted by Gasteiger charge is 2.31. The number of nitrogens with two attached hydrogens (primary N) is 1. The largest absolute Gasteiger partial charge is 0.496 e. The van der Waals surface area contributed by atoms with Gasteiger partial charge in [-0.05, 0) is 38.3 Å². The number of hydrogen-bond acceptors (Lipinski definition) is 4. The molecule has 2 heterocycles. The molecule has 5 nitrogen and oxygen atoms in total. The molecule has 0 bridgehead atoms. The molecule has 3 rings (SSSR count). The maximum Gasteiger partial charge on any atom is 0.255 e. The minimum atomic E-state index is -0.149. The Labute approximate surface area is 142 Å². The highest BCUT2D eigenvalue weighted by atomic mass is 35.5. The molecule has 0 spiro atoms. The lowest BCUT2D eigenvalue weighted by molar-refractivity contribution is 0.0743. The topological polar surface area (TPSA) is 67.6 Å². The van der Waals surface area contributed by atoms with Gasteiger partial charge in [-0.3, -0.25) is 9.69 Å². The number of fused-ring (bicyclic) bond motifs is 1. The first-order valence-corrected chi connectivity index (χ1v) is 8.64. The summed E-state index contributed by atoms with van der Waals surface area (Å²) in [4.78, 5) is 15.1. The Morgan fingerprint density at radius 1 is 1.35 bits per heavy atom. The van der Waals surface area contributed by atoms with Crippen LogP contribution in [0.15, 0.2) is 12.1 Å². The Hall–Kier alpha value is -1.46. The standard InChI is InChI=1S/C17H24ClN3O2/c1-23-16-9-15(19)14(18)8-13(16)17(22)20-11-5-6-12-4-2-3-7-21(12)10-11/h8-9,11-12H,2-7,10,19H2,1H3,(H,20,22). The molecule has 0 aromatic heterocycles. The fourth-order valence-corrected chi connectivity index (χ4v) is 3.86. The minimum absolute atomic E-state index is 0.149. The molecule has 0 saturated carbocycles. The van der Waals surface area contributed by atoms with E-state index in [0.717, 1.165) is 25.9 Å². The van der Waals surface area contributed by atoms with Crippen LogP contribution in [-0.4, -0.2) is 43.1 Å². The molecule has 2 atom stereocenters. The predicted molar refractivity (Wildman–Crippen MR) is 92.1 cm³/mol. The summed E-state index contributed by atoms with van der Waals surface area (Å²) in [6.07, 6.45) is 6.07. The molecule has 0 aliphatic carbocycles. The summed E-state index contributed by atoms with van der Waals surface area (Å²) in [7, 11) is 1.53. The van der Waals surface area contributed by atoms with Gasteiger partial charge in [0.15, 0.2) is 0 Å². The summed E-state index contributed by atoms with van der Waals surface area (Å²) >= 11 is 6.05. The lowest BCUT2D eigenvalue weighted by Crippen LogP contribution is -2.53. The van der Waals surface area contributed by atoms with Gasteiger partial charge < -0.3 is 15.8 Å². The first kappa shape index (κ1) is 16.4. The molecular weight excluding hydrogens is 314 g/mol. The summed E-state index contributed by atoms with van der Waals surface area (Å²) in [6, 6.07) is 4.06. The summed E-state index contributed by atoms with van der Waals surface area (Å²) in [5.41, 5.74) is 6.62. The van der Waals surface area contributed by atoms with Crippen LogP contribution < -0.4 is 15.8 Å². The second kappa shape index (κ2) is 6.97. The molecule has 3 N–H and O–H groups in total. The van der Waals surface area contributed by atoms with Crippen molar-refractivity contribution in [1.29, 1.82) is 0 Å². The van der Waals surface area contributed by atoms with Gasteiger partial charge in [-0.25, -0.2) is 0 Å². The number of nitrogens with one attached hydrogen (secondary N) is 1. The molecule has 2 saturated heterocycles. The van der Waals surface area contributed by atoms with Crippen molar-refractivity contribution in [3.63, 3.8) is 0 Å². The number of anilines is 1. The van der Waals surface area contributed by atoms with Crippen molar-refractivity contribution < 1.29 is 9.53 Å². The number of amides is 1. The molecule has 1 aromatic carbocycles. The number of carbonyl (C=O) groups excluding carboxylic acids is 1. The lowest BCUT2D eigenvalue weighted by Gasteiger charge is -2.42. The SMILES string of the molecule is COc1cc(N)c(Cl)cc1C(=O)NC1CCC2CCCCN2C1. The van der Waals surface area contributed by atoms with E-state index in [1.807, 2.05) is 0 Å². The second-order valence-electron chi connectivity index (χ2n) is 6.47. The normalized spacial score (nSPS) is 24.8. The number of hydrogen-bond donors (Lipinski definition) is 2. The number of methoxy groups -OCH3 is 1. The number of nitrogen functional groups attached to an aromatic ring is 1. The van der Waals surface area contributed by atoms with Crippen LogP contribution in [0.25, 0.3) is 0 Å². The fourth-order valence-electron chi connectivity index (χ4n) is 3.69. The van der Waals surface area contributed by atoms with Crippen LogP contribution in [0.3, 0.4) is 0 Å². The van der Waals surface area contributed by atoms with E-state index in [9.17, 15) is 4.79 Å². The van der Waals surface area contributed by atoms with Crippen LogP contribution >= 0.6 is 11.6 Å². The molecule has 126 valence electrons. The van der Waals surface area contributed by atoms with Crippen molar-refractivity contribution in [3.05, 3.63) is 22.7 Å². The molecular formula is C17H24ClN3O2. The molecule has 2 aliphatic rings. The Morgan fingerprint density at radius 2 is 2.17 bits per heavy atom. The highest BCUT2D eigenvalue weighted by Crippen LogP contribution is 2.30. The van der Waals surface area contributed by atoms with Crippen LogP contribution in [-0.2, 0) is 0 Å². The van der Waals surface area contributed by atoms with E-state index in [0.29, 0.717) is 28.1 Å². The van der Waals surface area contributed by atoms with Crippen LogP contribution in [0.5, 0.6) is 5.75 Å². The summed E-state index contributed by atoms with van der Waals surface area (Å²) in [6.45, 7) is 2.08. The van der Waals surface area contributed by atoms with Gasteiger partial charge >= 0.3 is 0 Å². The van der Waals surface area contributed by atoms with Gasteiger partial charge in [0.05, 0.1) is 23.4 Å². The van der Waals surface area contributed by atoms with Gasteiger partial charge in [0.25, 0.3) is 5.91 Å². The number of halogens is 1. The fraction of sp³-hybridized carbons (Fsp3) is 0.588. The van der Waals surface area contributed by atoms with Crippen molar-refractivity contribution in [2.75, 3.05) is 25.9 Å². The Balaban J connectivity index is 1.68. The van der Waals surface area contributed by atoms with Crippen molar-refractivity contribution >= 4 is 23.2 Å². The third-order valence-electron chi connectivity index (χ3n) is 4.95. The molecule has 2 fully saturated rings. The summed E-state index contributed by atoms with van der Waals surface area (Å²) in [5.74, 6) is 0.306. The van der Waals surface area contributed by atoms with Crippen molar-refractivity contribution in [2.24, 2.45) is 0 Å². The third kappa shape index (κ3) is 3.56. The molecule has 1 amide bonds. The minimum Gasteiger partial charge on any atom is -0.496 e. The number of nitrogens with zero attached hydrogens (tertiary/aromatic N) is 1. The Bertz CT molecular complexity index is 593. The number of benzene rings is 1. The average molecular weight is 338 g/mol. The Morgan fingerprint density at radius 3 is 2.96 bits per heavy atom.